The second kappa shape index (κ2) is 7.10. The standard InChI is InChI=1S/C12H14BrNO5/c1-19-9-2-3-10(13)8(4-9)5-14(6-11(15)16)7-12(17)18/h2-4H,5-7H2,1H3,(H,15,16)(H,17,18). The number of nitrogens with zero attached hydrogens (tertiary/aromatic N) is 1. The molecule has 0 saturated heterocycles. The van der Waals surface area contributed by atoms with E-state index in [0.717, 1.165) is 10.0 Å². The van der Waals surface area contributed by atoms with Crippen molar-refractivity contribution in [2.24, 2.45) is 0 Å². The van der Waals surface area contributed by atoms with E-state index in [9.17, 15) is 9.59 Å². The maximum Gasteiger partial charge on any atom is 0.317 e. The Hall–Kier alpha value is -1.60. The number of hydrogen-bond acceptors (Lipinski definition) is 4. The van der Waals surface area contributed by atoms with Crippen LogP contribution in [0.25, 0.3) is 0 Å². The van der Waals surface area contributed by atoms with Gasteiger partial charge in [0, 0.05) is 11.0 Å². The number of hydrogen-bond donors (Lipinski definition) is 2. The minimum absolute atomic E-state index is 0.205. The maximum absolute atomic E-state index is 10.7. The lowest BCUT2D eigenvalue weighted by molar-refractivity contribution is -0.142. The van der Waals surface area contributed by atoms with Gasteiger partial charge in [0.25, 0.3) is 0 Å². The molecule has 0 aliphatic heterocycles. The summed E-state index contributed by atoms with van der Waals surface area (Å²) in [6, 6.07) is 5.26. The lowest BCUT2D eigenvalue weighted by Gasteiger charge is -2.19. The molecule has 1 rings (SSSR count). The molecule has 19 heavy (non-hydrogen) atoms. The Morgan fingerprint density at radius 3 is 2.32 bits per heavy atom. The van der Waals surface area contributed by atoms with Crippen LogP contribution >= 0.6 is 15.9 Å². The summed E-state index contributed by atoms with van der Waals surface area (Å²) in [7, 11) is 1.53. The van der Waals surface area contributed by atoms with Crippen molar-refractivity contribution in [1.29, 1.82) is 0 Å². The van der Waals surface area contributed by atoms with E-state index in [-0.39, 0.29) is 19.6 Å². The van der Waals surface area contributed by atoms with Gasteiger partial charge in [-0.05, 0) is 23.8 Å². The zero-order chi connectivity index (χ0) is 14.4. The average Bonchev–Trinajstić information content (AvgIpc) is 2.30. The van der Waals surface area contributed by atoms with E-state index in [1.165, 1.54) is 12.0 Å². The summed E-state index contributed by atoms with van der Waals surface area (Å²) in [5, 5.41) is 17.5. The van der Waals surface area contributed by atoms with Crippen LogP contribution in [0.1, 0.15) is 5.56 Å². The first-order valence-electron chi connectivity index (χ1n) is 5.40. The van der Waals surface area contributed by atoms with E-state index in [1.54, 1.807) is 18.2 Å². The Balaban J connectivity index is 2.88. The third-order valence-corrected chi connectivity index (χ3v) is 3.14. The zero-order valence-corrected chi connectivity index (χ0v) is 11.9. The summed E-state index contributed by atoms with van der Waals surface area (Å²) in [6.07, 6.45) is 0. The van der Waals surface area contributed by atoms with Crippen molar-refractivity contribution >= 4 is 27.9 Å². The fourth-order valence-electron chi connectivity index (χ4n) is 1.59. The van der Waals surface area contributed by atoms with E-state index in [0.29, 0.717) is 5.75 Å². The normalized spacial score (nSPS) is 10.5. The van der Waals surface area contributed by atoms with Gasteiger partial charge in [-0.15, -0.1) is 0 Å². The Morgan fingerprint density at radius 1 is 1.26 bits per heavy atom. The summed E-state index contributed by atoms with van der Waals surface area (Å²) in [6.45, 7) is -0.470. The lowest BCUT2D eigenvalue weighted by atomic mass is 10.2. The predicted molar refractivity (Wildman–Crippen MR) is 71.2 cm³/mol. The van der Waals surface area contributed by atoms with Crippen LogP contribution in [-0.2, 0) is 16.1 Å². The molecule has 104 valence electrons. The van der Waals surface area contributed by atoms with Gasteiger partial charge in [0.2, 0.25) is 0 Å². The molecule has 1 aromatic carbocycles. The third kappa shape index (κ3) is 5.27. The minimum Gasteiger partial charge on any atom is -0.497 e. The molecular formula is C12H14BrNO5. The summed E-state index contributed by atoms with van der Waals surface area (Å²) in [4.78, 5) is 22.8. The Bertz CT molecular complexity index is 461. The quantitative estimate of drug-likeness (QED) is 0.785. The monoisotopic (exact) mass is 331 g/mol. The number of aliphatic carboxylic acids is 2. The van der Waals surface area contributed by atoms with Crippen LogP contribution in [0.3, 0.4) is 0 Å². The first-order chi connectivity index (χ1) is 8.92. The lowest BCUT2D eigenvalue weighted by Crippen LogP contribution is -2.34. The number of ether oxygens (including phenoxy) is 1. The van der Waals surface area contributed by atoms with Crippen LogP contribution in [0.4, 0.5) is 0 Å². The topological polar surface area (TPSA) is 87.1 Å². The molecule has 0 saturated carbocycles. The fourth-order valence-corrected chi connectivity index (χ4v) is 1.96. The molecule has 7 heteroatoms. The first-order valence-corrected chi connectivity index (χ1v) is 6.20. The summed E-state index contributed by atoms with van der Waals surface area (Å²) < 4.78 is 5.85. The highest BCUT2D eigenvalue weighted by Crippen LogP contribution is 2.23. The number of carboxylic acids is 2. The molecular weight excluding hydrogens is 318 g/mol. The highest BCUT2D eigenvalue weighted by Gasteiger charge is 2.15. The number of methoxy groups -OCH3 is 1. The fraction of sp³-hybridized carbons (Fsp3) is 0.333. The second-order valence-corrected chi connectivity index (χ2v) is 4.74. The van der Waals surface area contributed by atoms with Crippen LogP contribution in [0.5, 0.6) is 5.75 Å². The summed E-state index contributed by atoms with van der Waals surface area (Å²) >= 11 is 3.34. The van der Waals surface area contributed by atoms with Gasteiger partial charge in [0.1, 0.15) is 5.75 Å². The smallest absolute Gasteiger partial charge is 0.317 e. The molecule has 0 spiro atoms. The third-order valence-electron chi connectivity index (χ3n) is 2.36. The van der Waals surface area contributed by atoms with Gasteiger partial charge in [-0.2, -0.15) is 0 Å². The molecule has 0 aliphatic carbocycles. The van der Waals surface area contributed by atoms with Crippen molar-refractivity contribution in [3.8, 4) is 5.75 Å². The number of halogens is 1. The number of rotatable bonds is 7. The number of benzene rings is 1. The van der Waals surface area contributed by atoms with Crippen LogP contribution in [0.15, 0.2) is 22.7 Å². The van der Waals surface area contributed by atoms with Gasteiger partial charge < -0.3 is 14.9 Å². The molecule has 1 aromatic rings. The summed E-state index contributed by atoms with van der Waals surface area (Å²) in [5.41, 5.74) is 0.766. The summed E-state index contributed by atoms with van der Waals surface area (Å²) in [5.74, 6) is -1.51. The van der Waals surface area contributed by atoms with Crippen molar-refractivity contribution in [2.75, 3.05) is 20.2 Å². The molecule has 0 aliphatic rings. The number of carboxylic acid groups (broad SMARTS) is 2. The zero-order valence-electron chi connectivity index (χ0n) is 10.3. The van der Waals surface area contributed by atoms with Crippen LogP contribution in [0, 0.1) is 0 Å². The highest BCUT2D eigenvalue weighted by atomic mass is 79.9. The van der Waals surface area contributed by atoms with Gasteiger partial charge in [0.05, 0.1) is 20.2 Å². The van der Waals surface area contributed by atoms with E-state index in [1.807, 2.05) is 0 Å². The molecule has 0 radical (unpaired) electrons. The molecule has 0 atom stereocenters. The SMILES string of the molecule is COc1ccc(Br)c(CN(CC(=O)O)CC(=O)O)c1. The van der Waals surface area contributed by atoms with Gasteiger partial charge in [-0.3, -0.25) is 14.5 Å². The van der Waals surface area contributed by atoms with Gasteiger partial charge in [0.15, 0.2) is 0 Å². The van der Waals surface area contributed by atoms with E-state index in [4.69, 9.17) is 14.9 Å². The van der Waals surface area contributed by atoms with Gasteiger partial charge >= 0.3 is 11.9 Å². The van der Waals surface area contributed by atoms with Crippen LogP contribution < -0.4 is 4.74 Å². The Labute approximate surface area is 118 Å². The van der Waals surface area contributed by atoms with Crippen molar-refractivity contribution in [3.63, 3.8) is 0 Å². The van der Waals surface area contributed by atoms with Gasteiger partial charge in [-0.1, -0.05) is 15.9 Å². The Kier molecular flexibility index (Phi) is 5.78. The second-order valence-electron chi connectivity index (χ2n) is 3.89. The Morgan fingerprint density at radius 2 is 1.84 bits per heavy atom. The average molecular weight is 332 g/mol. The van der Waals surface area contributed by atoms with E-state index >= 15 is 0 Å². The highest BCUT2D eigenvalue weighted by molar-refractivity contribution is 9.10. The predicted octanol–water partition coefficient (Wildman–Crippen LogP) is 1.43. The largest absolute Gasteiger partial charge is 0.497 e. The molecule has 0 unspecified atom stereocenters. The maximum atomic E-state index is 10.7. The first kappa shape index (κ1) is 15.5. The molecule has 0 heterocycles. The molecule has 0 bridgehead atoms. The van der Waals surface area contributed by atoms with Gasteiger partial charge in [-0.25, -0.2) is 0 Å². The van der Waals surface area contributed by atoms with Crippen molar-refractivity contribution < 1.29 is 24.5 Å². The molecule has 2 N–H and O–H groups in total. The van der Waals surface area contributed by atoms with E-state index in [2.05, 4.69) is 15.9 Å². The van der Waals surface area contributed by atoms with Crippen molar-refractivity contribution in [1.82, 2.24) is 4.90 Å². The van der Waals surface area contributed by atoms with E-state index < -0.39 is 11.9 Å². The number of carbonyl (C=O) groups is 2. The van der Waals surface area contributed by atoms with Crippen molar-refractivity contribution in [2.45, 2.75) is 6.54 Å². The molecule has 0 fully saturated rings. The molecule has 0 amide bonds. The van der Waals surface area contributed by atoms with Crippen LogP contribution in [0.2, 0.25) is 0 Å². The van der Waals surface area contributed by atoms with Crippen LogP contribution in [-0.4, -0.2) is 47.3 Å². The molecule has 0 aromatic heterocycles. The minimum atomic E-state index is -1.07. The molecule has 6 nitrogen and oxygen atoms in total. The van der Waals surface area contributed by atoms with Crippen molar-refractivity contribution in [3.05, 3.63) is 28.2 Å².